The van der Waals surface area contributed by atoms with Crippen LogP contribution < -0.4 is 10.1 Å². The number of ether oxygens (including phenoxy) is 1. The van der Waals surface area contributed by atoms with E-state index in [-0.39, 0.29) is 18.4 Å². The highest BCUT2D eigenvalue weighted by Gasteiger charge is 2.13. The van der Waals surface area contributed by atoms with Gasteiger partial charge in [-0.2, -0.15) is 5.10 Å². The lowest BCUT2D eigenvalue weighted by molar-refractivity contribution is 0.101. The van der Waals surface area contributed by atoms with Gasteiger partial charge in [0.1, 0.15) is 12.1 Å². The molecule has 0 radical (unpaired) electrons. The molecular weight excluding hydrogens is 404 g/mol. The van der Waals surface area contributed by atoms with E-state index in [9.17, 15) is 4.79 Å². The third kappa shape index (κ3) is 5.03. The minimum atomic E-state index is -0.398. The molecule has 1 amide bonds. The van der Waals surface area contributed by atoms with Crippen LogP contribution in [0.4, 0.5) is 5.95 Å². The van der Waals surface area contributed by atoms with E-state index in [1.54, 1.807) is 47.5 Å². The van der Waals surface area contributed by atoms with Gasteiger partial charge in [0.25, 0.3) is 5.91 Å². The predicted octanol–water partition coefficient (Wildman–Crippen LogP) is 3.77. The summed E-state index contributed by atoms with van der Waals surface area (Å²) in [6, 6.07) is 16.8. The lowest BCUT2D eigenvalue weighted by Crippen LogP contribution is -2.15. The zero-order valence-corrected chi connectivity index (χ0v) is 17.0. The number of halogens is 1. The molecule has 0 fully saturated rings. The summed E-state index contributed by atoms with van der Waals surface area (Å²) < 4.78 is 8.79. The summed E-state index contributed by atoms with van der Waals surface area (Å²) in [5, 5.41) is 11.7. The smallest absolute Gasteiger partial charge is 0.278 e. The molecule has 4 aromatic rings. The van der Waals surface area contributed by atoms with Gasteiger partial charge >= 0.3 is 0 Å². The molecule has 0 atom stereocenters. The average molecular weight is 423 g/mol. The van der Waals surface area contributed by atoms with Gasteiger partial charge in [-0.15, -0.1) is 5.10 Å². The Labute approximate surface area is 178 Å². The van der Waals surface area contributed by atoms with Crippen LogP contribution in [-0.2, 0) is 13.3 Å². The fraction of sp³-hybridized carbons (Fsp3) is 0.143. The molecule has 8 nitrogen and oxygen atoms in total. The first-order chi connectivity index (χ1) is 14.5. The monoisotopic (exact) mass is 422 g/mol. The number of rotatable bonds is 7. The van der Waals surface area contributed by atoms with Crippen molar-refractivity contribution < 1.29 is 9.53 Å². The van der Waals surface area contributed by atoms with E-state index in [4.69, 9.17) is 16.3 Å². The summed E-state index contributed by atoms with van der Waals surface area (Å²) in [7, 11) is 0. The largest absolute Gasteiger partial charge is 0.471 e. The first-order valence-electron chi connectivity index (χ1n) is 9.23. The van der Waals surface area contributed by atoms with Crippen molar-refractivity contribution in [3.8, 4) is 5.75 Å². The number of amides is 1. The van der Waals surface area contributed by atoms with Crippen LogP contribution >= 0.6 is 11.6 Å². The Kier molecular flexibility index (Phi) is 5.76. The Morgan fingerprint density at radius 1 is 1.10 bits per heavy atom. The fourth-order valence-electron chi connectivity index (χ4n) is 2.84. The van der Waals surface area contributed by atoms with E-state index in [2.05, 4.69) is 26.6 Å². The molecule has 152 valence electrons. The molecule has 0 unspecified atom stereocenters. The molecule has 0 saturated heterocycles. The first-order valence-corrected chi connectivity index (χ1v) is 9.61. The highest BCUT2D eigenvalue weighted by Crippen LogP contribution is 2.17. The second kappa shape index (κ2) is 8.79. The van der Waals surface area contributed by atoms with Crippen LogP contribution in [0.25, 0.3) is 0 Å². The lowest BCUT2D eigenvalue weighted by atomic mass is 10.1. The highest BCUT2D eigenvalue weighted by atomic mass is 35.5. The Morgan fingerprint density at radius 3 is 2.80 bits per heavy atom. The van der Waals surface area contributed by atoms with Crippen LogP contribution in [-0.4, -0.2) is 30.5 Å². The van der Waals surface area contributed by atoms with Crippen molar-refractivity contribution in [3.63, 3.8) is 0 Å². The van der Waals surface area contributed by atoms with Crippen molar-refractivity contribution in [3.05, 3.63) is 89.0 Å². The van der Waals surface area contributed by atoms with Crippen molar-refractivity contribution in [1.29, 1.82) is 0 Å². The minimum absolute atomic E-state index is 0.150. The van der Waals surface area contributed by atoms with Crippen molar-refractivity contribution in [1.82, 2.24) is 24.5 Å². The standard InChI is InChI=1S/C21H19ClN6O2/c1-15-4-2-5-16(10-15)12-28-13-23-21(26-28)24-20(29)19-8-9-27(25-19)14-30-18-7-3-6-17(22)11-18/h2-11,13H,12,14H2,1H3,(H,24,26,29). The Hall–Kier alpha value is -3.65. The van der Waals surface area contributed by atoms with Gasteiger partial charge in [-0.05, 0) is 36.8 Å². The van der Waals surface area contributed by atoms with Crippen LogP contribution in [0, 0.1) is 6.92 Å². The minimum Gasteiger partial charge on any atom is -0.471 e. The van der Waals surface area contributed by atoms with Crippen LogP contribution in [0.15, 0.2) is 67.1 Å². The Morgan fingerprint density at radius 2 is 1.97 bits per heavy atom. The normalized spacial score (nSPS) is 10.7. The highest BCUT2D eigenvalue weighted by molar-refractivity contribution is 6.30. The summed E-state index contributed by atoms with van der Waals surface area (Å²) in [6.07, 6.45) is 3.23. The topological polar surface area (TPSA) is 86.9 Å². The number of hydrogen-bond donors (Lipinski definition) is 1. The summed E-state index contributed by atoms with van der Waals surface area (Å²) in [4.78, 5) is 16.6. The van der Waals surface area contributed by atoms with E-state index < -0.39 is 5.91 Å². The predicted molar refractivity (Wildman–Crippen MR) is 113 cm³/mol. The zero-order valence-electron chi connectivity index (χ0n) is 16.2. The van der Waals surface area contributed by atoms with E-state index in [1.807, 2.05) is 25.1 Å². The van der Waals surface area contributed by atoms with Crippen molar-refractivity contribution in [2.45, 2.75) is 20.2 Å². The molecule has 0 aliphatic rings. The van der Waals surface area contributed by atoms with E-state index >= 15 is 0 Å². The van der Waals surface area contributed by atoms with E-state index in [0.717, 1.165) is 5.56 Å². The van der Waals surface area contributed by atoms with Crippen LogP contribution in [0.2, 0.25) is 5.02 Å². The zero-order chi connectivity index (χ0) is 20.9. The molecule has 4 rings (SSSR count). The third-order valence-corrected chi connectivity index (χ3v) is 4.46. The number of nitrogens with zero attached hydrogens (tertiary/aromatic N) is 5. The molecule has 2 aromatic carbocycles. The Balaban J connectivity index is 1.34. The molecule has 2 heterocycles. The van der Waals surface area contributed by atoms with Gasteiger partial charge in [0, 0.05) is 11.2 Å². The number of hydrogen-bond acceptors (Lipinski definition) is 5. The fourth-order valence-corrected chi connectivity index (χ4v) is 3.02. The number of anilines is 1. The second-order valence-corrected chi connectivity index (χ2v) is 7.12. The van der Waals surface area contributed by atoms with Crippen molar-refractivity contribution >= 4 is 23.5 Å². The molecule has 9 heteroatoms. The van der Waals surface area contributed by atoms with Crippen LogP contribution in [0.1, 0.15) is 21.6 Å². The summed E-state index contributed by atoms with van der Waals surface area (Å²) >= 11 is 5.93. The lowest BCUT2D eigenvalue weighted by Gasteiger charge is -2.06. The average Bonchev–Trinajstić information content (AvgIpc) is 3.36. The molecule has 0 bridgehead atoms. The SMILES string of the molecule is Cc1cccc(Cn2cnc(NC(=O)c3ccn(COc4cccc(Cl)c4)n3)n2)c1. The summed E-state index contributed by atoms with van der Waals surface area (Å²) in [5.41, 5.74) is 2.52. The van der Waals surface area contributed by atoms with Crippen molar-refractivity contribution in [2.24, 2.45) is 0 Å². The van der Waals surface area contributed by atoms with Gasteiger partial charge in [0.15, 0.2) is 12.4 Å². The van der Waals surface area contributed by atoms with Gasteiger partial charge in [-0.1, -0.05) is 47.5 Å². The van der Waals surface area contributed by atoms with Gasteiger partial charge in [-0.3, -0.25) is 10.1 Å². The molecule has 0 saturated carbocycles. The van der Waals surface area contributed by atoms with Gasteiger partial charge in [0.2, 0.25) is 5.95 Å². The number of aryl methyl sites for hydroxylation is 1. The molecular formula is C21H19ClN6O2. The first kappa shape index (κ1) is 19.7. The summed E-state index contributed by atoms with van der Waals surface area (Å²) in [6.45, 7) is 2.76. The summed E-state index contributed by atoms with van der Waals surface area (Å²) in [5.74, 6) is 0.439. The quantitative estimate of drug-likeness (QED) is 0.490. The Bertz CT molecular complexity index is 1170. The maximum atomic E-state index is 12.4. The van der Waals surface area contributed by atoms with Gasteiger partial charge in [-0.25, -0.2) is 14.3 Å². The third-order valence-electron chi connectivity index (χ3n) is 4.22. The second-order valence-electron chi connectivity index (χ2n) is 6.68. The van der Waals surface area contributed by atoms with Crippen molar-refractivity contribution in [2.75, 3.05) is 5.32 Å². The van der Waals surface area contributed by atoms with Crippen LogP contribution in [0.3, 0.4) is 0 Å². The molecule has 0 aliphatic carbocycles. The van der Waals surface area contributed by atoms with E-state index in [0.29, 0.717) is 17.3 Å². The number of carbonyl (C=O) groups is 1. The molecule has 1 N–H and O–H groups in total. The van der Waals surface area contributed by atoms with Gasteiger partial charge in [0.05, 0.1) is 6.54 Å². The van der Waals surface area contributed by atoms with Crippen LogP contribution in [0.5, 0.6) is 5.75 Å². The molecule has 2 aromatic heterocycles. The van der Waals surface area contributed by atoms with E-state index in [1.165, 1.54) is 10.2 Å². The molecule has 0 spiro atoms. The maximum Gasteiger partial charge on any atom is 0.278 e. The number of nitrogens with one attached hydrogen (secondary N) is 1. The maximum absolute atomic E-state index is 12.4. The number of benzene rings is 2. The number of carbonyl (C=O) groups excluding carboxylic acids is 1. The number of aromatic nitrogens is 5. The molecule has 30 heavy (non-hydrogen) atoms. The van der Waals surface area contributed by atoms with Gasteiger partial charge < -0.3 is 4.74 Å². The molecule has 0 aliphatic heterocycles.